The molecule has 0 unspecified atom stereocenters. The van der Waals surface area contributed by atoms with Gasteiger partial charge < -0.3 is 14.6 Å². The lowest BCUT2D eigenvalue weighted by atomic mass is 10.1. The van der Waals surface area contributed by atoms with Gasteiger partial charge in [0, 0.05) is 63.6 Å². The first-order valence-corrected chi connectivity index (χ1v) is 8.61. The third-order valence-corrected chi connectivity index (χ3v) is 4.44. The lowest BCUT2D eigenvalue weighted by Crippen LogP contribution is -2.31. The summed E-state index contributed by atoms with van der Waals surface area (Å²) < 4.78 is 2.00. The smallest absolute Gasteiger partial charge is 0.225 e. The monoisotopic (exact) mass is 330 g/mol. The van der Waals surface area contributed by atoms with Gasteiger partial charge in [0.15, 0.2) is 0 Å². The number of aliphatic hydroxyl groups is 1. The molecule has 1 N–H and O–H groups in total. The molecule has 130 valence electrons. The van der Waals surface area contributed by atoms with E-state index in [4.69, 9.17) is 0 Å². The first kappa shape index (κ1) is 16.9. The first-order valence-electron chi connectivity index (χ1n) is 8.61. The molecule has 1 aliphatic heterocycles. The van der Waals surface area contributed by atoms with Crippen LogP contribution in [-0.4, -0.2) is 55.8 Å². The molecule has 7 nitrogen and oxygen atoms in total. The van der Waals surface area contributed by atoms with E-state index in [-0.39, 0.29) is 6.61 Å². The summed E-state index contributed by atoms with van der Waals surface area (Å²) in [5.41, 5.74) is 1.05. The van der Waals surface area contributed by atoms with Gasteiger partial charge in [0.05, 0.1) is 13.2 Å². The molecule has 0 spiro atoms. The molecule has 0 radical (unpaired) electrons. The average Bonchev–Trinajstić information content (AvgIpc) is 3.01. The Labute approximate surface area is 143 Å². The second kappa shape index (κ2) is 8.21. The number of anilines is 1. The van der Waals surface area contributed by atoms with E-state index in [0.717, 1.165) is 30.4 Å². The predicted octanol–water partition coefficient (Wildman–Crippen LogP) is 1.19. The minimum Gasteiger partial charge on any atom is -0.395 e. The van der Waals surface area contributed by atoms with Crippen molar-refractivity contribution in [1.82, 2.24) is 24.4 Å². The van der Waals surface area contributed by atoms with Crippen LogP contribution in [0.1, 0.15) is 30.7 Å². The number of hydrogen-bond donors (Lipinski definition) is 1. The lowest BCUT2D eigenvalue weighted by molar-refractivity contribution is 0.180. The molecule has 2 aromatic rings. The quantitative estimate of drug-likeness (QED) is 0.822. The lowest BCUT2D eigenvalue weighted by Gasteiger charge is -2.26. The van der Waals surface area contributed by atoms with Crippen LogP contribution >= 0.6 is 0 Å². The van der Waals surface area contributed by atoms with Crippen LogP contribution in [0.3, 0.4) is 0 Å². The van der Waals surface area contributed by atoms with Gasteiger partial charge >= 0.3 is 0 Å². The molecule has 3 heterocycles. The molecule has 3 rings (SSSR count). The Kier molecular flexibility index (Phi) is 5.77. The highest BCUT2D eigenvalue weighted by atomic mass is 16.3. The van der Waals surface area contributed by atoms with E-state index in [9.17, 15) is 5.11 Å². The van der Waals surface area contributed by atoms with Gasteiger partial charge in [-0.15, -0.1) is 0 Å². The van der Waals surface area contributed by atoms with Gasteiger partial charge in [0.1, 0.15) is 5.82 Å². The number of aromatic nitrogens is 4. The zero-order chi connectivity index (χ0) is 16.8. The molecular formula is C17H26N6O. The van der Waals surface area contributed by atoms with Crippen LogP contribution in [0.15, 0.2) is 24.8 Å². The summed E-state index contributed by atoms with van der Waals surface area (Å²) >= 11 is 0. The van der Waals surface area contributed by atoms with Gasteiger partial charge in [-0.05, 0) is 19.3 Å². The molecule has 1 fully saturated rings. The van der Waals surface area contributed by atoms with E-state index in [2.05, 4.69) is 24.8 Å². The van der Waals surface area contributed by atoms with E-state index < -0.39 is 0 Å². The van der Waals surface area contributed by atoms with Gasteiger partial charge in [0.25, 0.3) is 0 Å². The Morgan fingerprint density at radius 1 is 1.08 bits per heavy atom. The Hall–Kier alpha value is -1.99. The van der Waals surface area contributed by atoms with Crippen molar-refractivity contribution in [3.63, 3.8) is 0 Å². The number of imidazole rings is 1. The van der Waals surface area contributed by atoms with Crippen molar-refractivity contribution in [2.45, 2.75) is 32.4 Å². The Bertz CT molecular complexity index is 620. The van der Waals surface area contributed by atoms with E-state index in [0.29, 0.717) is 19.6 Å². The average molecular weight is 330 g/mol. The van der Waals surface area contributed by atoms with E-state index in [1.54, 1.807) is 6.20 Å². The molecule has 1 aliphatic rings. The molecule has 0 saturated carbocycles. The fourth-order valence-corrected chi connectivity index (χ4v) is 3.05. The molecule has 0 aliphatic carbocycles. The maximum Gasteiger partial charge on any atom is 0.225 e. The Morgan fingerprint density at radius 2 is 1.83 bits per heavy atom. The first-order chi connectivity index (χ1) is 11.8. The van der Waals surface area contributed by atoms with Gasteiger partial charge in [0.2, 0.25) is 5.95 Å². The highest BCUT2D eigenvalue weighted by Gasteiger charge is 2.14. The van der Waals surface area contributed by atoms with Gasteiger partial charge in [-0.2, -0.15) is 0 Å². The van der Waals surface area contributed by atoms with E-state index in [1.165, 1.54) is 19.3 Å². The second-order valence-corrected chi connectivity index (χ2v) is 6.33. The number of rotatable bonds is 7. The van der Waals surface area contributed by atoms with Crippen LogP contribution in [0.5, 0.6) is 0 Å². The van der Waals surface area contributed by atoms with Crippen LogP contribution in [0.25, 0.3) is 0 Å². The number of aliphatic hydroxyl groups excluding tert-OH is 1. The van der Waals surface area contributed by atoms with E-state index >= 15 is 0 Å². The number of nitrogens with zero attached hydrogens (tertiary/aromatic N) is 6. The van der Waals surface area contributed by atoms with Crippen molar-refractivity contribution in [3.05, 3.63) is 36.2 Å². The van der Waals surface area contributed by atoms with E-state index in [1.807, 2.05) is 30.2 Å². The van der Waals surface area contributed by atoms with Crippen molar-refractivity contribution in [2.24, 2.45) is 7.05 Å². The molecule has 1 saturated heterocycles. The summed E-state index contributed by atoms with van der Waals surface area (Å²) in [5.74, 6) is 1.81. The maximum atomic E-state index is 9.32. The highest BCUT2D eigenvalue weighted by Crippen LogP contribution is 2.15. The van der Waals surface area contributed by atoms with Crippen LogP contribution in [-0.2, 0) is 20.1 Å². The SMILES string of the molecule is Cn1ccnc1CN(CCO)Cc1cnc(N2CCCCC2)nc1. The highest BCUT2D eigenvalue weighted by molar-refractivity contribution is 5.30. The van der Waals surface area contributed by atoms with Gasteiger partial charge in [-0.25, -0.2) is 15.0 Å². The summed E-state index contributed by atoms with van der Waals surface area (Å²) in [6, 6.07) is 0. The minimum absolute atomic E-state index is 0.122. The van der Waals surface area contributed by atoms with Crippen LogP contribution in [0.2, 0.25) is 0 Å². The van der Waals surface area contributed by atoms with Crippen molar-refractivity contribution >= 4 is 5.95 Å². The summed E-state index contributed by atoms with van der Waals surface area (Å²) in [4.78, 5) is 17.8. The molecule has 0 bridgehead atoms. The van der Waals surface area contributed by atoms with Crippen LogP contribution < -0.4 is 4.90 Å². The third kappa shape index (κ3) is 4.30. The molecule has 0 atom stereocenters. The van der Waals surface area contributed by atoms with Crippen LogP contribution in [0.4, 0.5) is 5.95 Å². The number of aryl methyl sites for hydroxylation is 1. The molecule has 7 heteroatoms. The predicted molar refractivity (Wildman–Crippen MR) is 92.5 cm³/mol. The molecule has 2 aromatic heterocycles. The standard InChI is InChI=1S/C17H26N6O/c1-21-8-5-18-16(21)14-22(9-10-24)13-15-11-19-17(20-12-15)23-6-3-2-4-7-23/h5,8,11-12,24H,2-4,6-7,9-10,13-14H2,1H3. The van der Waals surface area contributed by atoms with Crippen molar-refractivity contribution in [3.8, 4) is 0 Å². The molecule has 0 amide bonds. The number of piperidine rings is 1. The summed E-state index contributed by atoms with van der Waals surface area (Å²) in [6.45, 7) is 4.22. The normalized spacial score (nSPS) is 15.2. The molecular weight excluding hydrogens is 304 g/mol. The Morgan fingerprint density at radius 3 is 2.46 bits per heavy atom. The fourth-order valence-electron chi connectivity index (χ4n) is 3.05. The Balaban J connectivity index is 1.62. The van der Waals surface area contributed by atoms with Crippen molar-refractivity contribution in [1.29, 1.82) is 0 Å². The van der Waals surface area contributed by atoms with Crippen LogP contribution in [0, 0.1) is 0 Å². The molecule has 0 aromatic carbocycles. The van der Waals surface area contributed by atoms with Crippen molar-refractivity contribution < 1.29 is 5.11 Å². The topological polar surface area (TPSA) is 70.3 Å². The maximum absolute atomic E-state index is 9.32. The van der Waals surface area contributed by atoms with Crippen molar-refractivity contribution in [2.75, 3.05) is 31.1 Å². The largest absolute Gasteiger partial charge is 0.395 e. The van der Waals surface area contributed by atoms with Gasteiger partial charge in [-0.1, -0.05) is 0 Å². The zero-order valence-electron chi connectivity index (χ0n) is 14.3. The second-order valence-electron chi connectivity index (χ2n) is 6.33. The summed E-state index contributed by atoms with van der Waals surface area (Å²) in [7, 11) is 1.98. The minimum atomic E-state index is 0.122. The summed E-state index contributed by atoms with van der Waals surface area (Å²) in [5, 5.41) is 9.32. The zero-order valence-corrected chi connectivity index (χ0v) is 14.3. The third-order valence-electron chi connectivity index (χ3n) is 4.44. The fraction of sp³-hybridized carbons (Fsp3) is 0.588. The van der Waals surface area contributed by atoms with Gasteiger partial charge in [-0.3, -0.25) is 4.90 Å². The molecule has 24 heavy (non-hydrogen) atoms. The summed E-state index contributed by atoms with van der Waals surface area (Å²) in [6.07, 6.45) is 11.3. The number of hydrogen-bond acceptors (Lipinski definition) is 6.